The molecule has 49 heavy (non-hydrogen) atoms. The van der Waals surface area contributed by atoms with Crippen molar-refractivity contribution in [2.24, 2.45) is 0 Å². The van der Waals surface area contributed by atoms with Crippen LogP contribution in [-0.2, 0) is 4.79 Å². The van der Waals surface area contributed by atoms with Crippen molar-refractivity contribution < 1.29 is 18.0 Å². The molecule has 2 N–H and O–H groups in total. The van der Waals surface area contributed by atoms with Crippen LogP contribution >= 0.6 is 23.2 Å². The molecule has 2 aromatic heterocycles. The van der Waals surface area contributed by atoms with E-state index in [4.69, 9.17) is 28.9 Å². The van der Waals surface area contributed by atoms with Gasteiger partial charge in [-0.1, -0.05) is 57.5 Å². The smallest absolute Gasteiger partial charge is 0.281 e. The molecule has 2 aliphatic heterocycles. The van der Waals surface area contributed by atoms with E-state index in [1.54, 1.807) is 16.8 Å². The minimum Gasteiger partial charge on any atom is -0.397 e. The van der Waals surface area contributed by atoms with Gasteiger partial charge in [0.05, 0.1) is 55.6 Å². The third-order valence-corrected chi connectivity index (χ3v) is 10.00. The van der Waals surface area contributed by atoms with Crippen LogP contribution < -0.4 is 21.1 Å². The van der Waals surface area contributed by atoms with E-state index in [1.807, 2.05) is 39.5 Å². The van der Waals surface area contributed by atoms with Crippen LogP contribution in [0.4, 0.5) is 30.2 Å². The summed E-state index contributed by atoms with van der Waals surface area (Å²) in [5, 5.41) is -0.628. The first-order chi connectivity index (χ1) is 23.1. The van der Waals surface area contributed by atoms with Gasteiger partial charge in [-0.2, -0.15) is 0 Å². The van der Waals surface area contributed by atoms with Gasteiger partial charge in [0.1, 0.15) is 17.8 Å². The summed E-state index contributed by atoms with van der Waals surface area (Å²) in [6, 6.07) is 1.49. The maximum absolute atomic E-state index is 17.6. The molecule has 0 saturated carbocycles. The molecule has 6 rings (SSSR count). The van der Waals surface area contributed by atoms with Gasteiger partial charge in [-0.3, -0.25) is 14.2 Å². The summed E-state index contributed by atoms with van der Waals surface area (Å²) in [5.74, 6) is -4.28. The molecule has 4 heterocycles. The quantitative estimate of drug-likeness (QED) is 0.135. The number of hydrogen-bond acceptors (Lipinski definition) is 7. The first kappa shape index (κ1) is 34.6. The molecule has 2 aliphatic rings. The van der Waals surface area contributed by atoms with Gasteiger partial charge in [-0.25, -0.2) is 23.1 Å². The number of nitrogen functional groups attached to an aromatic ring is 1. The average Bonchev–Trinajstić information content (AvgIpc) is 3.04. The number of likely N-dealkylation sites (N-methyl/N-ethyl adjacent to an activating group) is 1. The monoisotopic (exact) mass is 713 g/mol. The van der Waals surface area contributed by atoms with Crippen molar-refractivity contribution in [2.75, 3.05) is 42.2 Å². The minimum absolute atomic E-state index is 0.0565. The Morgan fingerprint density at radius 2 is 1.59 bits per heavy atom. The first-order valence-corrected chi connectivity index (χ1v) is 16.7. The van der Waals surface area contributed by atoms with Crippen molar-refractivity contribution in [3.63, 3.8) is 0 Å². The number of carbonyl (C=O) groups is 1. The minimum atomic E-state index is -1.25. The number of amides is 1. The van der Waals surface area contributed by atoms with Crippen molar-refractivity contribution in [1.29, 1.82) is 0 Å². The van der Waals surface area contributed by atoms with Gasteiger partial charge in [-0.05, 0) is 37.0 Å². The molecule has 9 nitrogen and oxygen atoms in total. The fraction of sp³-hybridized carbons (Fsp3) is 0.371. The number of benzene rings is 2. The second-order valence-electron chi connectivity index (χ2n) is 13.3. The van der Waals surface area contributed by atoms with E-state index in [1.165, 1.54) is 17.0 Å². The lowest BCUT2D eigenvalue weighted by Crippen LogP contribution is -2.64. The van der Waals surface area contributed by atoms with Gasteiger partial charge >= 0.3 is 0 Å². The number of rotatable bonds is 5. The molecule has 4 aromatic rings. The van der Waals surface area contributed by atoms with Gasteiger partial charge in [0.15, 0.2) is 11.6 Å². The zero-order chi connectivity index (χ0) is 35.8. The average molecular weight is 715 g/mol. The normalized spacial score (nSPS) is 17.6. The molecule has 1 amide bonds. The number of hydrogen-bond donors (Lipinski definition) is 1. The molecule has 0 spiro atoms. The summed E-state index contributed by atoms with van der Waals surface area (Å²) < 4.78 is 51.0. The highest BCUT2D eigenvalue weighted by atomic mass is 35.5. The standard InChI is InChI=1S/C35H36Cl2F3N7O2/c1-8-23(48)45-13-18-12-44(7)34-32(46(18)11-17(45)6)19-9-22(38)24(25-26(39)20(36)10-21(37)28(25)41)27(40)31(19)47(35(34)49)33-29(15(2)3)42-14-43-30(33)16(4)5/h8-10,14-18H,1,11-13,41H2,2-7H3. The Hall–Kier alpha value is -4.29. The maximum atomic E-state index is 17.6. The number of pyridine rings is 1. The molecule has 0 radical (unpaired) electrons. The molecule has 2 aromatic carbocycles. The maximum Gasteiger partial charge on any atom is 0.281 e. The van der Waals surface area contributed by atoms with Crippen LogP contribution in [0.1, 0.15) is 57.8 Å². The second-order valence-corrected chi connectivity index (χ2v) is 14.1. The number of carbonyl (C=O) groups excluding carboxylic acids is 1. The lowest BCUT2D eigenvalue weighted by Gasteiger charge is -2.51. The molecule has 1 saturated heterocycles. The molecule has 2 atom stereocenters. The van der Waals surface area contributed by atoms with E-state index in [9.17, 15) is 4.79 Å². The first-order valence-electron chi connectivity index (χ1n) is 15.9. The molecular formula is C35H36Cl2F3N7O2. The molecule has 0 bridgehead atoms. The number of halogens is 5. The largest absolute Gasteiger partial charge is 0.397 e. The van der Waals surface area contributed by atoms with E-state index < -0.39 is 44.8 Å². The molecular weight excluding hydrogens is 678 g/mol. The van der Waals surface area contributed by atoms with Crippen molar-refractivity contribution in [2.45, 2.75) is 58.5 Å². The number of fused-ring (bicyclic) bond motifs is 5. The predicted octanol–water partition coefficient (Wildman–Crippen LogP) is 7.04. The number of nitrogens with two attached hydrogens (primary N) is 1. The number of piperazine rings is 1. The zero-order valence-electron chi connectivity index (χ0n) is 27.9. The second kappa shape index (κ2) is 12.5. The fourth-order valence-electron chi connectivity index (χ4n) is 7.16. The van der Waals surface area contributed by atoms with Crippen molar-refractivity contribution >= 4 is 57.1 Å². The van der Waals surface area contributed by atoms with Crippen LogP contribution in [0.15, 0.2) is 35.9 Å². The lowest BCUT2D eigenvalue weighted by atomic mass is 9.94. The number of anilines is 3. The third kappa shape index (κ3) is 5.31. The van der Waals surface area contributed by atoms with Gasteiger partial charge in [0.2, 0.25) is 5.91 Å². The van der Waals surface area contributed by atoms with Crippen LogP contribution in [0.5, 0.6) is 0 Å². The zero-order valence-corrected chi connectivity index (χ0v) is 29.4. The Balaban J connectivity index is 1.82. The van der Waals surface area contributed by atoms with Crippen LogP contribution in [0, 0.1) is 17.5 Å². The highest BCUT2D eigenvalue weighted by Crippen LogP contribution is 2.47. The van der Waals surface area contributed by atoms with Crippen LogP contribution in [-0.4, -0.2) is 64.1 Å². The van der Waals surface area contributed by atoms with Crippen molar-refractivity contribution in [3.05, 3.63) is 80.4 Å². The van der Waals surface area contributed by atoms with Crippen LogP contribution in [0.2, 0.25) is 10.0 Å². The molecule has 258 valence electrons. The van der Waals surface area contributed by atoms with Crippen LogP contribution in [0.25, 0.3) is 27.7 Å². The summed E-state index contributed by atoms with van der Waals surface area (Å²) in [4.78, 5) is 42.2. The van der Waals surface area contributed by atoms with E-state index in [0.717, 1.165) is 12.1 Å². The number of nitrogens with zero attached hydrogens (tertiary/aromatic N) is 6. The molecule has 1 fully saturated rings. The highest BCUT2D eigenvalue weighted by Gasteiger charge is 2.42. The summed E-state index contributed by atoms with van der Waals surface area (Å²) in [6.45, 7) is 13.9. The van der Waals surface area contributed by atoms with E-state index in [2.05, 4.69) is 16.5 Å². The van der Waals surface area contributed by atoms with Gasteiger partial charge in [-0.15, -0.1) is 0 Å². The number of aromatic nitrogens is 3. The summed E-state index contributed by atoms with van der Waals surface area (Å²) in [7, 11) is 1.73. The fourth-order valence-corrected chi connectivity index (χ4v) is 7.62. The Morgan fingerprint density at radius 1 is 0.959 bits per heavy atom. The van der Waals surface area contributed by atoms with Gasteiger partial charge < -0.3 is 20.4 Å². The van der Waals surface area contributed by atoms with Gasteiger partial charge in [0.25, 0.3) is 5.56 Å². The summed E-state index contributed by atoms with van der Waals surface area (Å²) in [5.41, 5.74) is 4.99. The Labute approximate surface area is 291 Å². The Kier molecular flexibility index (Phi) is 8.85. The molecule has 0 aliphatic carbocycles. The topological polar surface area (TPSA) is 101 Å². The third-order valence-electron chi connectivity index (χ3n) is 9.41. The van der Waals surface area contributed by atoms with Gasteiger partial charge in [0, 0.05) is 43.7 Å². The Morgan fingerprint density at radius 3 is 2.18 bits per heavy atom. The molecule has 14 heteroatoms. The summed E-state index contributed by atoms with van der Waals surface area (Å²) in [6.07, 6.45) is 2.65. The lowest BCUT2D eigenvalue weighted by molar-refractivity contribution is -0.128. The Bertz CT molecular complexity index is 2070. The van der Waals surface area contributed by atoms with E-state index in [-0.39, 0.29) is 70.2 Å². The SMILES string of the molecule is C=CC(=O)N1CC2CN(C)c3c(c4cc(F)c(-c5c(N)c(Cl)cc(Cl)c5F)c(F)c4n(-c4c(C(C)C)ncnc4C(C)C)c3=O)N2CC1C. The van der Waals surface area contributed by atoms with Crippen molar-refractivity contribution in [3.8, 4) is 16.8 Å². The van der Waals surface area contributed by atoms with Crippen molar-refractivity contribution in [1.82, 2.24) is 19.4 Å². The van der Waals surface area contributed by atoms with E-state index >= 15 is 18.0 Å². The summed E-state index contributed by atoms with van der Waals surface area (Å²) >= 11 is 12.3. The van der Waals surface area contributed by atoms with Crippen LogP contribution in [0.3, 0.4) is 0 Å². The van der Waals surface area contributed by atoms with E-state index in [0.29, 0.717) is 23.6 Å². The molecule has 2 unspecified atom stereocenters. The highest BCUT2D eigenvalue weighted by molar-refractivity contribution is 6.37. The predicted molar refractivity (Wildman–Crippen MR) is 189 cm³/mol.